The molecule has 0 N–H and O–H groups in total. The Labute approximate surface area is 121 Å². The molecular weight excluding hydrogens is 272 g/mol. The van der Waals surface area contributed by atoms with Gasteiger partial charge in [0.1, 0.15) is 24.4 Å². The first-order chi connectivity index (χ1) is 10.4. The molecule has 2 aromatic rings. The van der Waals surface area contributed by atoms with Gasteiger partial charge >= 0.3 is 0 Å². The maximum atomic E-state index is 5.84. The van der Waals surface area contributed by atoms with Gasteiger partial charge in [0, 0.05) is 12.7 Å². The minimum atomic E-state index is -0.0686. The van der Waals surface area contributed by atoms with Crippen molar-refractivity contribution in [2.75, 3.05) is 20.3 Å². The Morgan fingerprint density at radius 1 is 1.14 bits per heavy atom. The number of benzene rings is 1. The van der Waals surface area contributed by atoms with Crippen molar-refractivity contribution in [3.8, 4) is 11.4 Å². The van der Waals surface area contributed by atoms with Crippen molar-refractivity contribution in [3.05, 3.63) is 30.3 Å². The summed E-state index contributed by atoms with van der Waals surface area (Å²) in [5.41, 5.74) is 0.979. The zero-order valence-electron chi connectivity index (χ0n) is 11.6. The molecule has 0 radical (unpaired) electrons. The number of tetrazole rings is 1. The molecule has 7 nitrogen and oxygen atoms in total. The van der Waals surface area contributed by atoms with E-state index in [4.69, 9.17) is 14.2 Å². The Balaban J connectivity index is 1.66. The van der Waals surface area contributed by atoms with Crippen LogP contribution in [0.4, 0.5) is 0 Å². The summed E-state index contributed by atoms with van der Waals surface area (Å²) in [5.74, 6) is 0.731. The molecule has 0 unspecified atom stereocenters. The first-order valence-electron chi connectivity index (χ1n) is 6.98. The van der Waals surface area contributed by atoms with Crippen LogP contribution in [0.25, 0.3) is 11.4 Å². The Kier molecular flexibility index (Phi) is 3.17. The number of fused-ring (bicyclic) bond motifs is 1. The fourth-order valence-electron chi connectivity index (χ4n) is 3.05. The second-order valence-electron chi connectivity index (χ2n) is 5.25. The molecule has 2 saturated heterocycles. The number of hydrogen-bond donors (Lipinski definition) is 0. The van der Waals surface area contributed by atoms with Crippen LogP contribution in [0.1, 0.15) is 6.04 Å². The molecule has 0 saturated carbocycles. The van der Waals surface area contributed by atoms with Crippen molar-refractivity contribution in [1.82, 2.24) is 20.2 Å². The summed E-state index contributed by atoms with van der Waals surface area (Å²) in [6, 6.07) is 9.85. The molecule has 0 aliphatic carbocycles. The second-order valence-corrected chi connectivity index (χ2v) is 5.25. The van der Waals surface area contributed by atoms with Crippen molar-refractivity contribution in [1.29, 1.82) is 0 Å². The molecule has 2 aliphatic heterocycles. The molecule has 0 bridgehead atoms. The topological polar surface area (TPSA) is 71.3 Å². The van der Waals surface area contributed by atoms with Crippen LogP contribution in [0, 0.1) is 0 Å². The van der Waals surface area contributed by atoms with Gasteiger partial charge in [-0.3, -0.25) is 0 Å². The third kappa shape index (κ3) is 2.05. The number of ether oxygens (including phenoxy) is 3. The molecule has 2 aliphatic rings. The number of aromatic nitrogens is 4. The third-order valence-electron chi connectivity index (χ3n) is 4.12. The summed E-state index contributed by atoms with van der Waals surface area (Å²) < 4.78 is 18.9. The highest BCUT2D eigenvalue weighted by Crippen LogP contribution is 2.36. The van der Waals surface area contributed by atoms with Gasteiger partial charge in [0.05, 0.1) is 13.2 Å². The fourth-order valence-corrected chi connectivity index (χ4v) is 3.05. The van der Waals surface area contributed by atoms with Crippen LogP contribution < -0.4 is 0 Å². The molecule has 3 heterocycles. The third-order valence-corrected chi connectivity index (χ3v) is 4.12. The van der Waals surface area contributed by atoms with Crippen LogP contribution in [0.2, 0.25) is 0 Å². The van der Waals surface area contributed by atoms with Gasteiger partial charge in [-0.15, -0.1) is 5.10 Å². The smallest absolute Gasteiger partial charge is 0.182 e. The lowest BCUT2D eigenvalue weighted by Crippen LogP contribution is -2.31. The van der Waals surface area contributed by atoms with E-state index < -0.39 is 0 Å². The first-order valence-corrected chi connectivity index (χ1v) is 6.98. The van der Waals surface area contributed by atoms with Gasteiger partial charge in [-0.25, -0.2) is 4.68 Å². The van der Waals surface area contributed by atoms with E-state index in [1.54, 1.807) is 11.8 Å². The van der Waals surface area contributed by atoms with E-state index in [0.717, 1.165) is 11.4 Å². The van der Waals surface area contributed by atoms with E-state index in [-0.39, 0.29) is 24.4 Å². The molecular formula is C14H16N4O3. The summed E-state index contributed by atoms with van der Waals surface area (Å²) in [4.78, 5) is 0. The van der Waals surface area contributed by atoms with Crippen LogP contribution in [0.5, 0.6) is 0 Å². The van der Waals surface area contributed by atoms with E-state index in [0.29, 0.717) is 13.2 Å². The van der Waals surface area contributed by atoms with Crippen LogP contribution in [-0.2, 0) is 14.2 Å². The molecule has 0 spiro atoms. The van der Waals surface area contributed by atoms with E-state index >= 15 is 0 Å². The van der Waals surface area contributed by atoms with Gasteiger partial charge in [-0.2, -0.15) is 0 Å². The highest BCUT2D eigenvalue weighted by Gasteiger charge is 2.49. The summed E-state index contributed by atoms with van der Waals surface area (Å²) in [6.45, 7) is 1.07. The first kappa shape index (κ1) is 12.9. The summed E-state index contributed by atoms with van der Waals surface area (Å²) in [7, 11) is 1.68. The highest BCUT2D eigenvalue weighted by atomic mass is 16.6. The molecule has 0 amide bonds. The Morgan fingerprint density at radius 2 is 1.95 bits per heavy atom. The largest absolute Gasteiger partial charge is 0.376 e. The van der Waals surface area contributed by atoms with Crippen LogP contribution in [0.15, 0.2) is 30.3 Å². The van der Waals surface area contributed by atoms with E-state index in [2.05, 4.69) is 15.5 Å². The lowest BCUT2D eigenvalue weighted by atomic mass is 10.1. The highest BCUT2D eigenvalue weighted by molar-refractivity contribution is 5.54. The van der Waals surface area contributed by atoms with Gasteiger partial charge in [0.2, 0.25) is 0 Å². The maximum Gasteiger partial charge on any atom is 0.182 e. The van der Waals surface area contributed by atoms with Crippen LogP contribution in [-0.4, -0.2) is 58.8 Å². The predicted octanol–water partition coefficient (Wildman–Crippen LogP) is 0.694. The summed E-state index contributed by atoms with van der Waals surface area (Å²) in [6.07, 6.45) is -0.134. The minimum Gasteiger partial charge on any atom is -0.376 e. The van der Waals surface area contributed by atoms with Gasteiger partial charge in [0.15, 0.2) is 5.82 Å². The predicted molar refractivity (Wildman–Crippen MR) is 72.6 cm³/mol. The molecule has 4 rings (SSSR count). The normalized spacial score (nSPS) is 31.5. The van der Waals surface area contributed by atoms with Gasteiger partial charge in [-0.05, 0) is 10.4 Å². The molecule has 110 valence electrons. The molecule has 1 aromatic carbocycles. The molecule has 21 heavy (non-hydrogen) atoms. The molecule has 7 heteroatoms. The van der Waals surface area contributed by atoms with Crippen molar-refractivity contribution < 1.29 is 14.2 Å². The van der Waals surface area contributed by atoms with E-state index in [9.17, 15) is 0 Å². The van der Waals surface area contributed by atoms with Gasteiger partial charge in [-0.1, -0.05) is 30.3 Å². The zero-order valence-corrected chi connectivity index (χ0v) is 11.6. The van der Waals surface area contributed by atoms with Crippen LogP contribution >= 0.6 is 0 Å². The number of nitrogens with zero attached hydrogens (tertiary/aromatic N) is 4. The summed E-state index contributed by atoms with van der Waals surface area (Å²) >= 11 is 0. The zero-order chi connectivity index (χ0) is 14.2. The SMILES string of the molecule is CO[C@@H]1CO[C@H]2[C@@H]1OC[C@@H]2n1nnnc1-c1ccccc1. The monoisotopic (exact) mass is 288 g/mol. The Morgan fingerprint density at radius 3 is 2.76 bits per heavy atom. The van der Waals surface area contributed by atoms with Crippen molar-refractivity contribution in [2.45, 2.75) is 24.4 Å². The van der Waals surface area contributed by atoms with Gasteiger partial charge in [0.25, 0.3) is 0 Å². The molecule has 2 fully saturated rings. The van der Waals surface area contributed by atoms with E-state index in [1.165, 1.54) is 0 Å². The fraction of sp³-hybridized carbons (Fsp3) is 0.500. The van der Waals surface area contributed by atoms with Crippen LogP contribution in [0.3, 0.4) is 0 Å². The number of methoxy groups -OCH3 is 1. The lowest BCUT2D eigenvalue weighted by Gasteiger charge is -2.17. The second kappa shape index (κ2) is 5.18. The standard InChI is InChI=1S/C14H16N4O3/c1-19-11-8-21-12-10(7-20-13(11)12)18-14(15-16-17-18)9-5-3-2-4-6-9/h2-6,10-13H,7-8H2,1H3/t10-,11+,12+,13+/m0/s1. The van der Waals surface area contributed by atoms with Crippen molar-refractivity contribution in [2.24, 2.45) is 0 Å². The molecule has 1 aromatic heterocycles. The minimum absolute atomic E-state index is 0.0170. The van der Waals surface area contributed by atoms with Crippen molar-refractivity contribution in [3.63, 3.8) is 0 Å². The van der Waals surface area contributed by atoms with Crippen molar-refractivity contribution >= 4 is 0 Å². The quantitative estimate of drug-likeness (QED) is 0.827. The van der Waals surface area contributed by atoms with E-state index in [1.807, 2.05) is 30.3 Å². The van der Waals surface area contributed by atoms with Gasteiger partial charge < -0.3 is 14.2 Å². The Bertz CT molecular complexity index is 618. The average molecular weight is 288 g/mol. The summed E-state index contributed by atoms with van der Waals surface area (Å²) in [5, 5.41) is 12.1. The maximum absolute atomic E-state index is 5.84. The Hall–Kier alpha value is -1.83. The molecule has 4 atom stereocenters. The number of hydrogen-bond acceptors (Lipinski definition) is 6. The average Bonchev–Trinajstić information content (AvgIpc) is 3.23. The number of rotatable bonds is 3. The lowest BCUT2D eigenvalue weighted by molar-refractivity contribution is -0.00906.